The molecule has 2 fully saturated rings. The van der Waals surface area contributed by atoms with E-state index in [9.17, 15) is 4.79 Å². The smallest absolute Gasteiger partial charge is 0.223 e. The van der Waals surface area contributed by atoms with E-state index in [1.165, 1.54) is 0 Å². The number of nitrogens with zero attached hydrogens (tertiary/aromatic N) is 2. The Bertz CT molecular complexity index is 492. The van der Waals surface area contributed by atoms with E-state index in [1.807, 2.05) is 17.7 Å². The molecule has 3 rings (SSSR count). The highest BCUT2D eigenvalue weighted by molar-refractivity contribution is 7.09. The molecule has 0 aromatic carbocycles. The van der Waals surface area contributed by atoms with Crippen LogP contribution in [0.25, 0.3) is 0 Å². The van der Waals surface area contributed by atoms with Crippen LogP contribution in [0, 0.1) is 0 Å². The second-order valence-corrected chi connectivity index (χ2v) is 7.08. The molecule has 1 N–H and O–H groups in total. The number of nitrogens with one attached hydrogen (secondary N) is 1. The molecule has 1 aromatic heterocycles. The van der Waals surface area contributed by atoms with E-state index in [4.69, 9.17) is 0 Å². The molecule has 5 heteroatoms. The zero-order valence-electron chi connectivity index (χ0n) is 12.4. The van der Waals surface area contributed by atoms with Gasteiger partial charge in [-0.2, -0.15) is 0 Å². The van der Waals surface area contributed by atoms with Crippen LogP contribution in [0.4, 0.5) is 0 Å². The summed E-state index contributed by atoms with van der Waals surface area (Å²) in [6.45, 7) is 5.37. The maximum Gasteiger partial charge on any atom is 0.223 e. The second kappa shape index (κ2) is 6.28. The molecule has 1 saturated carbocycles. The Kier molecular flexibility index (Phi) is 4.40. The van der Waals surface area contributed by atoms with Gasteiger partial charge in [0.05, 0.1) is 0 Å². The highest BCUT2D eigenvalue weighted by Gasteiger charge is 2.46. The van der Waals surface area contributed by atoms with Crippen molar-refractivity contribution < 1.29 is 4.79 Å². The summed E-state index contributed by atoms with van der Waals surface area (Å²) in [5.41, 5.74) is 0.116. The van der Waals surface area contributed by atoms with E-state index in [1.54, 1.807) is 11.3 Å². The van der Waals surface area contributed by atoms with Gasteiger partial charge in [-0.3, -0.25) is 4.79 Å². The van der Waals surface area contributed by atoms with Crippen LogP contribution >= 0.6 is 11.3 Å². The quantitative estimate of drug-likeness (QED) is 0.851. The van der Waals surface area contributed by atoms with Crippen molar-refractivity contribution in [2.24, 2.45) is 0 Å². The summed E-state index contributed by atoms with van der Waals surface area (Å²) < 4.78 is 0. The molecule has 21 heavy (non-hydrogen) atoms. The lowest BCUT2D eigenvalue weighted by atomic mass is 9.77. The average molecular weight is 305 g/mol. The molecule has 114 valence electrons. The van der Waals surface area contributed by atoms with Gasteiger partial charge in [-0.1, -0.05) is 6.08 Å². The van der Waals surface area contributed by atoms with Gasteiger partial charge in [0.25, 0.3) is 0 Å². The topological polar surface area (TPSA) is 45.2 Å². The third-order valence-electron chi connectivity index (χ3n) is 4.93. The predicted octanol–water partition coefficient (Wildman–Crippen LogP) is 2.72. The molecule has 1 aromatic rings. The van der Waals surface area contributed by atoms with Crippen LogP contribution < -0.4 is 5.32 Å². The van der Waals surface area contributed by atoms with E-state index in [-0.39, 0.29) is 5.54 Å². The Balaban J connectivity index is 1.54. The van der Waals surface area contributed by atoms with Crippen molar-refractivity contribution in [1.29, 1.82) is 0 Å². The molecule has 0 unspecified atom stereocenters. The van der Waals surface area contributed by atoms with Crippen molar-refractivity contribution in [2.45, 2.75) is 56.7 Å². The monoisotopic (exact) mass is 305 g/mol. The second-order valence-electron chi connectivity index (χ2n) is 6.10. The minimum atomic E-state index is 0.116. The fourth-order valence-electron chi connectivity index (χ4n) is 3.75. The van der Waals surface area contributed by atoms with Crippen LogP contribution in [-0.2, 0) is 11.3 Å². The number of rotatable bonds is 5. The van der Waals surface area contributed by atoms with Gasteiger partial charge < -0.3 is 10.2 Å². The number of aromatic nitrogens is 1. The van der Waals surface area contributed by atoms with Crippen molar-refractivity contribution in [3.63, 3.8) is 0 Å². The summed E-state index contributed by atoms with van der Waals surface area (Å²) in [6.07, 6.45) is 9.97. The van der Waals surface area contributed by atoms with Gasteiger partial charge in [-0.25, -0.2) is 4.98 Å². The molecule has 1 saturated heterocycles. The number of likely N-dealkylation sites (tertiary alicyclic amines) is 1. The molecule has 4 nitrogen and oxygen atoms in total. The van der Waals surface area contributed by atoms with Crippen LogP contribution in [0.15, 0.2) is 24.2 Å². The summed E-state index contributed by atoms with van der Waals surface area (Å²) >= 11 is 1.70. The van der Waals surface area contributed by atoms with Crippen LogP contribution in [-0.4, -0.2) is 33.9 Å². The van der Waals surface area contributed by atoms with Crippen molar-refractivity contribution in [3.05, 3.63) is 29.2 Å². The molecule has 1 amide bonds. The molecular formula is C16H23N3OS. The Morgan fingerprint density at radius 3 is 2.95 bits per heavy atom. The Morgan fingerprint density at radius 1 is 1.48 bits per heavy atom. The summed E-state index contributed by atoms with van der Waals surface area (Å²) in [7, 11) is 0. The predicted molar refractivity (Wildman–Crippen MR) is 85.1 cm³/mol. The SMILES string of the molecule is C=CCN1C(=O)CCC12CCC(NCc1nccs1)CC2. The van der Waals surface area contributed by atoms with Gasteiger partial charge in [0, 0.05) is 42.7 Å². The first-order valence-electron chi connectivity index (χ1n) is 7.77. The number of hydrogen-bond acceptors (Lipinski definition) is 4. The lowest BCUT2D eigenvalue weighted by Crippen LogP contribution is -2.50. The van der Waals surface area contributed by atoms with Crippen LogP contribution in [0.2, 0.25) is 0 Å². The van der Waals surface area contributed by atoms with E-state index in [0.29, 0.717) is 24.9 Å². The molecule has 2 heterocycles. The van der Waals surface area contributed by atoms with Crippen molar-refractivity contribution in [3.8, 4) is 0 Å². The molecule has 1 spiro atoms. The largest absolute Gasteiger partial charge is 0.333 e. The van der Waals surface area contributed by atoms with Gasteiger partial charge in [0.15, 0.2) is 0 Å². The lowest BCUT2D eigenvalue weighted by Gasteiger charge is -2.43. The highest BCUT2D eigenvalue weighted by Crippen LogP contribution is 2.42. The van der Waals surface area contributed by atoms with Crippen molar-refractivity contribution in [2.75, 3.05) is 6.54 Å². The first kappa shape index (κ1) is 14.7. The standard InChI is InChI=1S/C16H23N3OS/c1-2-10-19-15(20)5-8-16(19)6-3-13(4-7-16)18-12-14-17-9-11-21-14/h2,9,11,13,18H,1,3-8,10,12H2. The third-order valence-corrected chi connectivity index (χ3v) is 5.71. The Morgan fingerprint density at radius 2 is 2.29 bits per heavy atom. The van der Waals surface area contributed by atoms with Crippen molar-refractivity contribution >= 4 is 17.2 Å². The Hall–Kier alpha value is -1.20. The number of amides is 1. The van der Waals surface area contributed by atoms with E-state index in [0.717, 1.165) is 43.7 Å². The maximum atomic E-state index is 12.1. The molecule has 0 bridgehead atoms. The number of carbonyl (C=O) groups excluding carboxylic acids is 1. The zero-order valence-corrected chi connectivity index (χ0v) is 13.2. The first-order valence-corrected chi connectivity index (χ1v) is 8.65. The third kappa shape index (κ3) is 3.04. The summed E-state index contributed by atoms with van der Waals surface area (Å²) in [5, 5.41) is 6.78. The van der Waals surface area contributed by atoms with Gasteiger partial charge in [-0.15, -0.1) is 17.9 Å². The zero-order chi connectivity index (χ0) is 14.7. The van der Waals surface area contributed by atoms with Gasteiger partial charge in [0.1, 0.15) is 5.01 Å². The fourth-order valence-corrected chi connectivity index (χ4v) is 4.32. The minimum absolute atomic E-state index is 0.116. The lowest BCUT2D eigenvalue weighted by molar-refractivity contribution is -0.131. The van der Waals surface area contributed by atoms with Crippen LogP contribution in [0.1, 0.15) is 43.5 Å². The summed E-state index contributed by atoms with van der Waals surface area (Å²) in [5.74, 6) is 0.309. The van der Waals surface area contributed by atoms with Crippen LogP contribution in [0.5, 0.6) is 0 Å². The average Bonchev–Trinajstić information content (AvgIpc) is 3.11. The molecule has 2 aliphatic rings. The first-order chi connectivity index (χ1) is 10.2. The fraction of sp³-hybridized carbons (Fsp3) is 0.625. The summed E-state index contributed by atoms with van der Waals surface area (Å²) in [4.78, 5) is 18.4. The molecular weight excluding hydrogens is 282 g/mol. The normalized spacial score (nSPS) is 29.2. The van der Waals surface area contributed by atoms with Gasteiger partial charge >= 0.3 is 0 Å². The minimum Gasteiger partial charge on any atom is -0.333 e. The molecule has 0 radical (unpaired) electrons. The van der Waals surface area contributed by atoms with Crippen LogP contribution in [0.3, 0.4) is 0 Å². The van der Waals surface area contributed by atoms with Gasteiger partial charge in [0.2, 0.25) is 5.91 Å². The van der Waals surface area contributed by atoms with E-state index in [2.05, 4.69) is 21.8 Å². The molecule has 1 aliphatic carbocycles. The van der Waals surface area contributed by atoms with E-state index < -0.39 is 0 Å². The van der Waals surface area contributed by atoms with Crippen molar-refractivity contribution in [1.82, 2.24) is 15.2 Å². The number of thiazole rings is 1. The summed E-state index contributed by atoms with van der Waals surface area (Å²) in [6, 6.07) is 0.556. The number of carbonyl (C=O) groups is 1. The van der Waals surface area contributed by atoms with E-state index >= 15 is 0 Å². The molecule has 0 atom stereocenters. The number of hydrogen-bond donors (Lipinski definition) is 1. The molecule has 1 aliphatic heterocycles. The Labute approximate surface area is 130 Å². The van der Waals surface area contributed by atoms with Gasteiger partial charge in [-0.05, 0) is 32.1 Å². The maximum absolute atomic E-state index is 12.1. The highest BCUT2D eigenvalue weighted by atomic mass is 32.1.